The molecule has 3 heterocycles. The van der Waals surface area contributed by atoms with Crippen LogP contribution in [0.3, 0.4) is 0 Å². The Hall–Kier alpha value is -3.67. The second kappa shape index (κ2) is 12.2. The summed E-state index contributed by atoms with van der Waals surface area (Å²) in [7, 11) is 0. The quantitative estimate of drug-likeness (QED) is 0.261. The van der Waals surface area contributed by atoms with Crippen LogP contribution in [0.5, 0.6) is 0 Å². The lowest BCUT2D eigenvalue weighted by Gasteiger charge is -2.36. The van der Waals surface area contributed by atoms with Gasteiger partial charge in [-0.3, -0.25) is 19.1 Å². The van der Waals surface area contributed by atoms with Gasteiger partial charge in [0.2, 0.25) is 0 Å². The smallest absolute Gasteiger partial charge is 0.270 e. The minimum absolute atomic E-state index is 0.121. The summed E-state index contributed by atoms with van der Waals surface area (Å²) in [6.07, 6.45) is 4.89. The molecular formula is C32H32N4O2S2. The molecule has 0 spiro atoms. The highest BCUT2D eigenvalue weighted by molar-refractivity contribution is 8.26. The molecular weight excluding hydrogens is 537 g/mol. The molecule has 2 saturated heterocycles. The number of hydrogen-bond donors (Lipinski definition) is 0. The summed E-state index contributed by atoms with van der Waals surface area (Å²) in [5.74, 6) is 1.20. The highest BCUT2D eigenvalue weighted by Crippen LogP contribution is 2.37. The molecule has 6 nitrogen and oxygen atoms in total. The van der Waals surface area contributed by atoms with Crippen LogP contribution in [0.15, 0.2) is 70.4 Å². The highest BCUT2D eigenvalue weighted by atomic mass is 32.2. The number of thiocarbonyl (C=S) groups is 1. The van der Waals surface area contributed by atoms with Gasteiger partial charge in [-0.2, -0.15) is 5.26 Å². The van der Waals surface area contributed by atoms with Crippen LogP contribution in [0.2, 0.25) is 0 Å². The lowest BCUT2D eigenvalue weighted by molar-refractivity contribution is -0.122. The third-order valence-electron chi connectivity index (χ3n) is 7.78. The minimum Gasteiger partial charge on any atom is -0.357 e. The Labute approximate surface area is 244 Å². The summed E-state index contributed by atoms with van der Waals surface area (Å²) < 4.78 is 2.20. The predicted molar refractivity (Wildman–Crippen MR) is 166 cm³/mol. The fourth-order valence-electron chi connectivity index (χ4n) is 5.61. The lowest BCUT2D eigenvalue weighted by atomic mass is 9.90. The van der Waals surface area contributed by atoms with E-state index in [1.807, 2.05) is 56.3 Å². The SMILES string of the molecule is CCn1c(N2CCC(Cc3ccccc3)CC2)c(/C=C2/SC(=S)N(Cc3ccccc3)C2=O)c(C)c(C#N)c1=O. The van der Waals surface area contributed by atoms with Gasteiger partial charge in [0.25, 0.3) is 11.5 Å². The van der Waals surface area contributed by atoms with Gasteiger partial charge in [-0.25, -0.2) is 0 Å². The van der Waals surface area contributed by atoms with Crippen molar-refractivity contribution in [3.8, 4) is 6.07 Å². The number of nitriles is 1. The second-order valence-electron chi connectivity index (χ2n) is 10.3. The van der Waals surface area contributed by atoms with Gasteiger partial charge in [-0.05, 0) is 61.8 Å². The van der Waals surface area contributed by atoms with Crippen LogP contribution in [0.25, 0.3) is 6.08 Å². The molecule has 0 radical (unpaired) electrons. The van der Waals surface area contributed by atoms with Gasteiger partial charge in [-0.1, -0.05) is 84.6 Å². The largest absolute Gasteiger partial charge is 0.357 e. The Balaban J connectivity index is 1.48. The molecule has 1 amide bonds. The van der Waals surface area contributed by atoms with Crippen molar-refractivity contribution < 1.29 is 4.79 Å². The molecule has 0 bridgehead atoms. The molecule has 2 aliphatic heterocycles. The van der Waals surface area contributed by atoms with Crippen molar-refractivity contribution in [2.24, 2.45) is 5.92 Å². The minimum atomic E-state index is -0.280. The number of thioether (sulfide) groups is 1. The summed E-state index contributed by atoms with van der Waals surface area (Å²) in [5, 5.41) is 9.88. The molecule has 2 aliphatic rings. The number of benzene rings is 2. The number of piperidine rings is 1. The Bertz CT molecular complexity index is 1550. The van der Waals surface area contributed by atoms with Crippen molar-refractivity contribution in [2.45, 2.75) is 46.2 Å². The van der Waals surface area contributed by atoms with Gasteiger partial charge < -0.3 is 4.90 Å². The van der Waals surface area contributed by atoms with Crippen molar-refractivity contribution in [1.82, 2.24) is 9.47 Å². The van der Waals surface area contributed by atoms with Crippen molar-refractivity contribution in [3.63, 3.8) is 0 Å². The van der Waals surface area contributed by atoms with Crippen LogP contribution in [0, 0.1) is 24.2 Å². The number of hydrogen-bond acceptors (Lipinski definition) is 6. The Morgan fingerprint density at radius 3 is 2.25 bits per heavy atom. The summed E-state index contributed by atoms with van der Waals surface area (Å²) in [6.45, 7) is 6.18. The van der Waals surface area contributed by atoms with Crippen LogP contribution < -0.4 is 10.5 Å². The standard InChI is InChI=1S/C32H32N4O2S2/c1-3-35-29(34-16-14-24(15-17-34)18-23-10-6-4-7-11-23)26(22(2)27(20-33)30(35)37)19-28-31(38)36(32(39)40-28)21-25-12-8-5-9-13-25/h4-13,19,24H,3,14-18,21H2,1-2H3/b28-19+. The number of pyridine rings is 1. The first-order valence-corrected chi connectivity index (χ1v) is 14.9. The zero-order valence-electron chi connectivity index (χ0n) is 22.8. The third-order valence-corrected chi connectivity index (χ3v) is 9.15. The van der Waals surface area contributed by atoms with E-state index in [0.717, 1.165) is 49.3 Å². The van der Waals surface area contributed by atoms with Crippen molar-refractivity contribution >= 4 is 46.1 Å². The maximum atomic E-state index is 13.5. The fraction of sp³-hybridized carbons (Fsp3) is 0.312. The van der Waals surface area contributed by atoms with Crippen molar-refractivity contribution in [2.75, 3.05) is 18.0 Å². The van der Waals surface area contributed by atoms with Crippen LogP contribution in [-0.2, 0) is 24.3 Å². The van der Waals surface area contributed by atoms with E-state index in [2.05, 4.69) is 35.2 Å². The zero-order valence-corrected chi connectivity index (χ0v) is 24.4. The molecule has 1 aromatic heterocycles. The molecule has 2 fully saturated rings. The summed E-state index contributed by atoms with van der Waals surface area (Å²) in [5.41, 5.74) is 3.54. The van der Waals surface area contributed by atoms with E-state index in [9.17, 15) is 14.9 Å². The number of carbonyl (C=O) groups excluding carboxylic acids is 1. The molecule has 0 saturated carbocycles. The van der Waals surface area contributed by atoms with Crippen molar-refractivity contribution in [3.05, 3.63) is 104 Å². The molecule has 8 heteroatoms. The second-order valence-corrected chi connectivity index (χ2v) is 11.9. The van der Waals surface area contributed by atoms with E-state index in [4.69, 9.17) is 12.2 Å². The first-order chi connectivity index (χ1) is 19.4. The summed E-state index contributed by atoms with van der Waals surface area (Å²) >= 11 is 6.87. The van der Waals surface area contributed by atoms with Gasteiger partial charge in [0.1, 0.15) is 21.8 Å². The Morgan fingerprint density at radius 1 is 1.02 bits per heavy atom. The summed E-state index contributed by atoms with van der Waals surface area (Å²) in [4.78, 5) is 31.3. The molecule has 5 rings (SSSR count). The monoisotopic (exact) mass is 568 g/mol. The predicted octanol–water partition coefficient (Wildman–Crippen LogP) is 5.91. The number of rotatable bonds is 7. The van der Waals surface area contributed by atoms with Crippen LogP contribution in [0.4, 0.5) is 5.82 Å². The van der Waals surface area contributed by atoms with Gasteiger partial charge in [0, 0.05) is 25.2 Å². The van der Waals surface area contributed by atoms with Crippen LogP contribution in [0.1, 0.15) is 47.6 Å². The average Bonchev–Trinajstić information content (AvgIpc) is 3.23. The molecule has 2 aromatic carbocycles. The summed E-state index contributed by atoms with van der Waals surface area (Å²) in [6, 6.07) is 22.5. The lowest BCUT2D eigenvalue weighted by Crippen LogP contribution is -2.39. The van der Waals surface area contributed by atoms with E-state index < -0.39 is 0 Å². The third kappa shape index (κ3) is 5.63. The molecule has 0 aliphatic carbocycles. The zero-order chi connectivity index (χ0) is 28.2. The number of nitrogens with zero attached hydrogens (tertiary/aromatic N) is 4. The van der Waals surface area contributed by atoms with E-state index in [-0.39, 0.29) is 17.0 Å². The highest BCUT2D eigenvalue weighted by Gasteiger charge is 2.34. The molecule has 40 heavy (non-hydrogen) atoms. The van der Waals surface area contributed by atoms with Gasteiger partial charge in [-0.15, -0.1) is 0 Å². The van der Waals surface area contributed by atoms with E-state index >= 15 is 0 Å². The Morgan fingerprint density at radius 2 is 1.65 bits per heavy atom. The van der Waals surface area contributed by atoms with Crippen LogP contribution in [-0.4, -0.2) is 32.8 Å². The topological polar surface area (TPSA) is 69.3 Å². The Kier molecular flexibility index (Phi) is 8.53. The van der Waals surface area contributed by atoms with Gasteiger partial charge in [0.05, 0.1) is 11.4 Å². The molecule has 0 N–H and O–H groups in total. The first kappa shape index (κ1) is 27.9. The molecule has 204 valence electrons. The number of aromatic nitrogens is 1. The van der Waals surface area contributed by atoms with Crippen molar-refractivity contribution in [1.29, 1.82) is 5.26 Å². The van der Waals surface area contributed by atoms with E-state index in [0.29, 0.717) is 33.8 Å². The first-order valence-electron chi connectivity index (χ1n) is 13.7. The number of amides is 1. The van der Waals surface area contributed by atoms with Crippen LogP contribution >= 0.6 is 24.0 Å². The maximum absolute atomic E-state index is 13.5. The van der Waals surface area contributed by atoms with E-state index in [1.54, 1.807) is 9.47 Å². The molecule has 0 unspecified atom stereocenters. The normalized spacial score (nSPS) is 17.1. The molecule has 3 aromatic rings. The average molecular weight is 569 g/mol. The molecule has 0 atom stereocenters. The number of anilines is 1. The number of carbonyl (C=O) groups is 1. The van der Waals surface area contributed by atoms with E-state index in [1.165, 1.54) is 17.3 Å². The maximum Gasteiger partial charge on any atom is 0.270 e. The van der Waals surface area contributed by atoms with Gasteiger partial charge >= 0.3 is 0 Å². The van der Waals surface area contributed by atoms with Gasteiger partial charge in [0.15, 0.2) is 0 Å². The fourth-order valence-corrected chi connectivity index (χ4v) is 6.84.